The van der Waals surface area contributed by atoms with Crippen LogP contribution in [0.1, 0.15) is 10.4 Å². The summed E-state index contributed by atoms with van der Waals surface area (Å²) in [6, 6.07) is 6.10. The van der Waals surface area contributed by atoms with Crippen molar-refractivity contribution in [2.45, 2.75) is 0 Å². The number of ether oxygens (including phenoxy) is 1. The molecular weight excluding hydrogens is 156 g/mol. The highest BCUT2D eigenvalue weighted by atomic mass is 16.5. The van der Waals surface area contributed by atoms with Gasteiger partial charge in [-0.05, 0) is 24.3 Å². The molecule has 0 aliphatic rings. The number of benzene rings is 1. The quantitative estimate of drug-likeness (QED) is 0.694. The van der Waals surface area contributed by atoms with E-state index in [1.807, 2.05) is 0 Å². The molecule has 12 heavy (non-hydrogen) atoms. The van der Waals surface area contributed by atoms with Gasteiger partial charge in [0.15, 0.2) is 0 Å². The predicted molar refractivity (Wildman–Crippen MR) is 44.2 cm³/mol. The summed E-state index contributed by atoms with van der Waals surface area (Å²) >= 11 is 0. The van der Waals surface area contributed by atoms with Crippen molar-refractivity contribution >= 4 is 5.97 Å². The van der Waals surface area contributed by atoms with Crippen LogP contribution in [0.2, 0.25) is 0 Å². The maximum absolute atomic E-state index is 10.4. The van der Waals surface area contributed by atoms with Gasteiger partial charge in [0.05, 0.1) is 11.8 Å². The van der Waals surface area contributed by atoms with Gasteiger partial charge in [-0.3, -0.25) is 0 Å². The average molecular weight is 164 g/mol. The van der Waals surface area contributed by atoms with Crippen molar-refractivity contribution in [3.63, 3.8) is 0 Å². The Morgan fingerprint density at radius 1 is 1.42 bits per heavy atom. The van der Waals surface area contributed by atoms with E-state index in [0.717, 1.165) is 0 Å². The van der Waals surface area contributed by atoms with Crippen molar-refractivity contribution in [2.24, 2.45) is 0 Å². The second-order valence-corrected chi connectivity index (χ2v) is 2.11. The van der Waals surface area contributed by atoms with Crippen molar-refractivity contribution in [3.05, 3.63) is 42.7 Å². The lowest BCUT2D eigenvalue weighted by Gasteiger charge is -1.98. The normalized spacial score (nSPS) is 9.00. The minimum Gasteiger partial charge on any atom is -0.478 e. The number of carboxylic acid groups (broad SMARTS) is 1. The molecule has 0 bridgehead atoms. The lowest BCUT2D eigenvalue weighted by Crippen LogP contribution is -1.94. The molecule has 0 amide bonds. The topological polar surface area (TPSA) is 46.5 Å². The van der Waals surface area contributed by atoms with Crippen LogP contribution in [0.3, 0.4) is 0 Å². The number of carboxylic acids is 1. The molecule has 0 fully saturated rings. The molecule has 0 saturated heterocycles. The van der Waals surface area contributed by atoms with Gasteiger partial charge < -0.3 is 9.84 Å². The summed E-state index contributed by atoms with van der Waals surface area (Å²) in [5, 5.41) is 8.54. The molecule has 0 heterocycles. The largest absolute Gasteiger partial charge is 0.478 e. The van der Waals surface area contributed by atoms with Crippen molar-refractivity contribution in [1.29, 1.82) is 0 Å². The molecule has 1 N–H and O–H groups in total. The van der Waals surface area contributed by atoms with Crippen LogP contribution < -0.4 is 4.74 Å². The van der Waals surface area contributed by atoms with Crippen molar-refractivity contribution < 1.29 is 14.6 Å². The fraction of sp³-hybridized carbons (Fsp3) is 0. The first-order chi connectivity index (χ1) is 5.74. The zero-order valence-electron chi connectivity index (χ0n) is 6.36. The van der Waals surface area contributed by atoms with Crippen LogP contribution in [0.15, 0.2) is 37.1 Å². The van der Waals surface area contributed by atoms with Gasteiger partial charge in [-0.15, -0.1) is 0 Å². The third-order valence-electron chi connectivity index (χ3n) is 1.32. The van der Waals surface area contributed by atoms with Gasteiger partial charge in [0.2, 0.25) is 0 Å². The highest BCUT2D eigenvalue weighted by Crippen LogP contribution is 2.11. The van der Waals surface area contributed by atoms with Gasteiger partial charge in [0, 0.05) is 0 Å². The fourth-order valence-electron chi connectivity index (χ4n) is 0.772. The van der Waals surface area contributed by atoms with E-state index in [1.165, 1.54) is 18.4 Å². The van der Waals surface area contributed by atoms with Crippen molar-refractivity contribution in [2.75, 3.05) is 0 Å². The maximum atomic E-state index is 10.4. The maximum Gasteiger partial charge on any atom is 0.335 e. The number of hydrogen-bond acceptors (Lipinski definition) is 2. The minimum absolute atomic E-state index is 0.242. The second kappa shape index (κ2) is 3.57. The first kappa shape index (κ1) is 8.33. The summed E-state index contributed by atoms with van der Waals surface area (Å²) in [7, 11) is 0. The van der Waals surface area contributed by atoms with E-state index in [-0.39, 0.29) is 5.56 Å². The predicted octanol–water partition coefficient (Wildman–Crippen LogP) is 1.91. The van der Waals surface area contributed by atoms with E-state index in [2.05, 4.69) is 6.58 Å². The van der Waals surface area contributed by atoms with Crippen LogP contribution in [-0.2, 0) is 0 Å². The number of carbonyl (C=O) groups is 1. The standard InChI is InChI=1S/C9H8O3/c1-2-12-8-5-3-7(4-6-8)9(10)11/h2-6H,1H2,(H,10,11). The van der Waals surface area contributed by atoms with E-state index in [4.69, 9.17) is 9.84 Å². The van der Waals surface area contributed by atoms with E-state index in [9.17, 15) is 4.79 Å². The summed E-state index contributed by atoms with van der Waals surface area (Å²) in [5.74, 6) is -0.366. The average Bonchev–Trinajstić information content (AvgIpc) is 2.06. The zero-order chi connectivity index (χ0) is 8.97. The fourth-order valence-corrected chi connectivity index (χ4v) is 0.772. The Balaban J connectivity index is 2.85. The summed E-state index contributed by atoms with van der Waals surface area (Å²) in [5.41, 5.74) is 0.242. The SMILES string of the molecule is C=COc1ccc(C(=O)O)cc1. The lowest BCUT2D eigenvalue weighted by atomic mass is 10.2. The molecule has 3 nitrogen and oxygen atoms in total. The number of rotatable bonds is 3. The first-order valence-corrected chi connectivity index (χ1v) is 3.35. The number of aromatic carboxylic acids is 1. The van der Waals surface area contributed by atoms with Crippen LogP contribution in [-0.4, -0.2) is 11.1 Å². The highest BCUT2D eigenvalue weighted by molar-refractivity contribution is 5.87. The Morgan fingerprint density at radius 2 is 2.00 bits per heavy atom. The minimum atomic E-state index is -0.944. The molecule has 0 unspecified atom stereocenters. The van der Waals surface area contributed by atoms with E-state index in [0.29, 0.717) is 5.75 Å². The summed E-state index contributed by atoms with van der Waals surface area (Å²) < 4.78 is 4.91. The van der Waals surface area contributed by atoms with E-state index in [1.54, 1.807) is 12.1 Å². The van der Waals surface area contributed by atoms with Crippen molar-refractivity contribution in [1.82, 2.24) is 0 Å². The Morgan fingerprint density at radius 3 is 2.42 bits per heavy atom. The molecule has 0 radical (unpaired) electrons. The third-order valence-corrected chi connectivity index (χ3v) is 1.32. The third kappa shape index (κ3) is 1.85. The molecule has 1 aromatic rings. The van der Waals surface area contributed by atoms with Crippen molar-refractivity contribution in [3.8, 4) is 5.75 Å². The monoisotopic (exact) mass is 164 g/mol. The van der Waals surface area contributed by atoms with Gasteiger partial charge in [-0.25, -0.2) is 4.79 Å². The van der Waals surface area contributed by atoms with Crippen LogP contribution >= 0.6 is 0 Å². The molecule has 0 atom stereocenters. The Kier molecular flexibility index (Phi) is 2.48. The van der Waals surface area contributed by atoms with E-state index < -0.39 is 5.97 Å². The molecule has 0 aliphatic heterocycles. The smallest absolute Gasteiger partial charge is 0.335 e. The summed E-state index contributed by atoms with van der Waals surface area (Å²) in [6.45, 7) is 3.37. The molecule has 1 aromatic carbocycles. The molecule has 3 heteroatoms. The molecular formula is C9H8O3. The van der Waals surface area contributed by atoms with Gasteiger partial charge in [-0.2, -0.15) is 0 Å². The Hall–Kier alpha value is -1.77. The first-order valence-electron chi connectivity index (χ1n) is 3.35. The molecule has 0 saturated carbocycles. The lowest BCUT2D eigenvalue weighted by molar-refractivity contribution is 0.0697. The molecule has 0 aliphatic carbocycles. The highest BCUT2D eigenvalue weighted by Gasteiger charge is 2.00. The van der Waals surface area contributed by atoms with Gasteiger partial charge in [0.1, 0.15) is 5.75 Å². The summed E-state index contributed by atoms with van der Waals surface area (Å²) in [4.78, 5) is 10.4. The van der Waals surface area contributed by atoms with Crippen LogP contribution in [0.5, 0.6) is 5.75 Å². The Bertz CT molecular complexity index is 287. The van der Waals surface area contributed by atoms with Crippen LogP contribution in [0, 0.1) is 0 Å². The number of hydrogen-bond donors (Lipinski definition) is 1. The van der Waals surface area contributed by atoms with Crippen LogP contribution in [0.25, 0.3) is 0 Å². The molecule has 1 rings (SSSR count). The van der Waals surface area contributed by atoms with E-state index >= 15 is 0 Å². The van der Waals surface area contributed by atoms with Gasteiger partial charge >= 0.3 is 5.97 Å². The van der Waals surface area contributed by atoms with Gasteiger partial charge in [-0.1, -0.05) is 6.58 Å². The van der Waals surface area contributed by atoms with Gasteiger partial charge in [0.25, 0.3) is 0 Å². The summed E-state index contributed by atoms with van der Waals surface area (Å²) in [6.07, 6.45) is 1.29. The molecule has 0 aromatic heterocycles. The van der Waals surface area contributed by atoms with Crippen LogP contribution in [0.4, 0.5) is 0 Å². The second-order valence-electron chi connectivity index (χ2n) is 2.11. The zero-order valence-corrected chi connectivity index (χ0v) is 6.36. The molecule has 0 spiro atoms. The molecule has 62 valence electrons. The Labute approximate surface area is 69.9 Å².